The summed E-state index contributed by atoms with van der Waals surface area (Å²) < 4.78 is 0. The van der Waals surface area contributed by atoms with Gasteiger partial charge in [0.1, 0.15) is 0 Å². The minimum atomic E-state index is 0.0848. The summed E-state index contributed by atoms with van der Waals surface area (Å²) in [6.45, 7) is 5.77. The second kappa shape index (κ2) is 7.80. The van der Waals surface area contributed by atoms with Gasteiger partial charge in [0, 0.05) is 0 Å². The zero-order valence-electron chi connectivity index (χ0n) is 7.51. The Hall–Kier alpha value is -0.300. The van der Waals surface area contributed by atoms with Gasteiger partial charge in [-0.1, -0.05) is 25.8 Å². The lowest BCUT2D eigenvalue weighted by Crippen LogP contribution is -1.98. The summed E-state index contributed by atoms with van der Waals surface area (Å²) >= 11 is 0. The molecule has 0 saturated heterocycles. The molecule has 0 amide bonds. The zero-order chi connectivity index (χ0) is 8.53. The normalized spacial score (nSPS) is 12.9. The van der Waals surface area contributed by atoms with Crippen molar-refractivity contribution in [2.45, 2.75) is 39.0 Å². The van der Waals surface area contributed by atoms with Crippen LogP contribution in [0.3, 0.4) is 0 Å². The Balaban J connectivity index is 2.95. The van der Waals surface area contributed by atoms with E-state index in [9.17, 15) is 5.11 Å². The zero-order valence-corrected chi connectivity index (χ0v) is 7.51. The topological polar surface area (TPSA) is 19.9 Å². The Labute approximate surface area is 70.1 Å². The number of hydrogen-bond donors (Lipinski definition) is 0. The van der Waals surface area contributed by atoms with E-state index in [0.29, 0.717) is 5.92 Å². The SMILES string of the molecule is C=CCCCCCC(C)C[O]. The van der Waals surface area contributed by atoms with Crippen LogP contribution in [0.1, 0.15) is 39.0 Å². The minimum Gasteiger partial charge on any atom is -0.236 e. The van der Waals surface area contributed by atoms with Crippen molar-refractivity contribution in [1.29, 1.82) is 0 Å². The predicted molar refractivity (Wildman–Crippen MR) is 48.0 cm³/mol. The second-order valence-electron chi connectivity index (χ2n) is 3.20. The molecule has 11 heavy (non-hydrogen) atoms. The van der Waals surface area contributed by atoms with E-state index in [1.54, 1.807) is 0 Å². The first kappa shape index (κ1) is 10.7. The van der Waals surface area contributed by atoms with Gasteiger partial charge in [-0.25, -0.2) is 5.11 Å². The van der Waals surface area contributed by atoms with Crippen LogP contribution in [0.5, 0.6) is 0 Å². The van der Waals surface area contributed by atoms with Gasteiger partial charge in [-0.2, -0.15) is 0 Å². The molecule has 1 atom stereocenters. The van der Waals surface area contributed by atoms with Gasteiger partial charge in [-0.15, -0.1) is 6.58 Å². The van der Waals surface area contributed by atoms with E-state index in [0.717, 1.165) is 12.8 Å². The van der Waals surface area contributed by atoms with E-state index in [4.69, 9.17) is 0 Å². The van der Waals surface area contributed by atoms with Gasteiger partial charge in [0.25, 0.3) is 0 Å². The maximum atomic E-state index is 10.3. The number of rotatable bonds is 7. The third-order valence-electron chi connectivity index (χ3n) is 1.89. The number of allylic oxidation sites excluding steroid dienone is 1. The lowest BCUT2D eigenvalue weighted by atomic mass is 10.0. The van der Waals surface area contributed by atoms with Crippen LogP contribution in [0.2, 0.25) is 0 Å². The van der Waals surface area contributed by atoms with Crippen molar-refractivity contribution in [1.82, 2.24) is 0 Å². The number of unbranched alkanes of at least 4 members (excludes halogenated alkanes) is 3. The smallest absolute Gasteiger partial charge is 0.0847 e. The highest BCUT2D eigenvalue weighted by atomic mass is 16.3. The molecule has 0 saturated carbocycles. The maximum absolute atomic E-state index is 10.3. The third-order valence-corrected chi connectivity index (χ3v) is 1.89. The molecule has 0 aliphatic heterocycles. The van der Waals surface area contributed by atoms with Gasteiger partial charge in [0.2, 0.25) is 0 Å². The molecule has 0 rings (SSSR count). The summed E-state index contributed by atoms with van der Waals surface area (Å²) in [4.78, 5) is 0. The van der Waals surface area contributed by atoms with E-state index in [1.165, 1.54) is 19.3 Å². The first-order valence-corrected chi connectivity index (χ1v) is 4.50. The van der Waals surface area contributed by atoms with E-state index in [2.05, 4.69) is 6.58 Å². The van der Waals surface area contributed by atoms with E-state index in [-0.39, 0.29) is 6.61 Å². The Morgan fingerprint density at radius 2 is 2.09 bits per heavy atom. The molecule has 1 radical (unpaired) electrons. The Kier molecular flexibility index (Phi) is 7.59. The van der Waals surface area contributed by atoms with Crippen LogP contribution in [0.15, 0.2) is 12.7 Å². The Morgan fingerprint density at radius 1 is 1.36 bits per heavy atom. The fourth-order valence-electron chi connectivity index (χ4n) is 1.04. The molecule has 0 spiro atoms. The summed E-state index contributed by atoms with van der Waals surface area (Å²) in [5.74, 6) is 0.374. The van der Waals surface area contributed by atoms with Crippen molar-refractivity contribution in [2.24, 2.45) is 5.92 Å². The third kappa shape index (κ3) is 7.60. The Bertz CT molecular complexity index is 88.9. The average molecular weight is 155 g/mol. The van der Waals surface area contributed by atoms with E-state index >= 15 is 0 Å². The summed E-state index contributed by atoms with van der Waals surface area (Å²) in [5.41, 5.74) is 0. The molecule has 0 aromatic carbocycles. The standard InChI is InChI=1S/C10H19O/c1-3-4-5-6-7-8-10(2)9-11/h3,10H,1,4-9H2,2H3. The maximum Gasteiger partial charge on any atom is 0.0847 e. The van der Waals surface area contributed by atoms with Crippen molar-refractivity contribution < 1.29 is 5.11 Å². The van der Waals surface area contributed by atoms with Crippen LogP contribution in [0, 0.1) is 5.92 Å². The molecule has 65 valence electrons. The minimum absolute atomic E-state index is 0.0848. The summed E-state index contributed by atoms with van der Waals surface area (Å²) in [6.07, 6.45) is 7.85. The number of hydrogen-bond acceptors (Lipinski definition) is 0. The fraction of sp³-hybridized carbons (Fsp3) is 0.800. The fourth-order valence-corrected chi connectivity index (χ4v) is 1.04. The first-order chi connectivity index (χ1) is 5.31. The second-order valence-corrected chi connectivity index (χ2v) is 3.20. The quantitative estimate of drug-likeness (QED) is 0.397. The highest BCUT2D eigenvalue weighted by Crippen LogP contribution is 2.09. The van der Waals surface area contributed by atoms with E-state index < -0.39 is 0 Å². The molecule has 0 aromatic heterocycles. The van der Waals surface area contributed by atoms with Crippen molar-refractivity contribution in [2.75, 3.05) is 6.61 Å². The van der Waals surface area contributed by atoms with Gasteiger partial charge in [-0.05, 0) is 25.2 Å². The monoisotopic (exact) mass is 155 g/mol. The Morgan fingerprint density at radius 3 is 2.64 bits per heavy atom. The molecule has 1 unspecified atom stereocenters. The van der Waals surface area contributed by atoms with Crippen LogP contribution < -0.4 is 0 Å². The largest absolute Gasteiger partial charge is 0.236 e. The van der Waals surface area contributed by atoms with Gasteiger partial charge in [0.05, 0.1) is 6.61 Å². The first-order valence-electron chi connectivity index (χ1n) is 4.50. The summed E-state index contributed by atoms with van der Waals surface area (Å²) in [7, 11) is 0. The van der Waals surface area contributed by atoms with Gasteiger partial charge >= 0.3 is 0 Å². The van der Waals surface area contributed by atoms with Crippen LogP contribution >= 0.6 is 0 Å². The molecular weight excluding hydrogens is 136 g/mol. The van der Waals surface area contributed by atoms with Gasteiger partial charge < -0.3 is 0 Å². The molecule has 1 heteroatoms. The van der Waals surface area contributed by atoms with Gasteiger partial charge in [-0.3, -0.25) is 0 Å². The highest BCUT2D eigenvalue weighted by molar-refractivity contribution is 4.65. The molecule has 1 nitrogen and oxygen atoms in total. The van der Waals surface area contributed by atoms with Gasteiger partial charge in [0.15, 0.2) is 0 Å². The molecular formula is C10H19O. The molecule has 0 aliphatic carbocycles. The van der Waals surface area contributed by atoms with Crippen molar-refractivity contribution in [3.05, 3.63) is 12.7 Å². The highest BCUT2D eigenvalue weighted by Gasteiger charge is 1.98. The predicted octanol–water partition coefficient (Wildman–Crippen LogP) is 3.19. The van der Waals surface area contributed by atoms with Crippen molar-refractivity contribution in [3.63, 3.8) is 0 Å². The molecule has 0 aromatic rings. The summed E-state index contributed by atoms with van der Waals surface area (Å²) in [6, 6.07) is 0. The van der Waals surface area contributed by atoms with Crippen LogP contribution in [0.4, 0.5) is 0 Å². The van der Waals surface area contributed by atoms with E-state index in [1.807, 2.05) is 13.0 Å². The lowest BCUT2D eigenvalue weighted by molar-refractivity contribution is 0.145. The van der Waals surface area contributed by atoms with Crippen LogP contribution in [-0.2, 0) is 5.11 Å². The molecule has 0 fully saturated rings. The van der Waals surface area contributed by atoms with Crippen LogP contribution in [-0.4, -0.2) is 6.61 Å². The molecule has 0 heterocycles. The average Bonchev–Trinajstić information content (AvgIpc) is 2.04. The summed E-state index contributed by atoms with van der Waals surface area (Å²) in [5, 5.41) is 10.3. The molecule has 0 N–H and O–H groups in total. The molecule has 0 aliphatic rings. The molecule has 0 bridgehead atoms. The van der Waals surface area contributed by atoms with Crippen molar-refractivity contribution in [3.8, 4) is 0 Å². The lowest BCUT2D eigenvalue weighted by Gasteiger charge is -2.04. The van der Waals surface area contributed by atoms with Crippen molar-refractivity contribution >= 4 is 0 Å². The van der Waals surface area contributed by atoms with Crippen LogP contribution in [0.25, 0.3) is 0 Å².